The van der Waals surface area contributed by atoms with E-state index < -0.39 is 0 Å². The first-order valence-corrected chi connectivity index (χ1v) is 46.7. The summed E-state index contributed by atoms with van der Waals surface area (Å²) in [6.45, 7) is 0. The van der Waals surface area contributed by atoms with Crippen LogP contribution in [0.4, 0.5) is 0 Å². The number of fused-ring (bicyclic) bond motifs is 22. The molecule has 0 saturated carbocycles. The summed E-state index contributed by atoms with van der Waals surface area (Å²) >= 11 is 0. The van der Waals surface area contributed by atoms with Gasteiger partial charge in [0.25, 0.3) is 0 Å². The molecule has 0 saturated heterocycles. The molecule has 29 aromatic rings. The SMILES string of the molecule is c1ccc(-c2nc(-c3cccc(-n4c5ccc(-c6ccc7c(c6)c6ccccc6n7-c6ccc7ccccc7c6)cc5c5cc(-c6ccc7c(c6)c6ccccc6n7-c6ccc7ccccc7c6)ccc54)c3)cc(-n3c4ccc(-c5ccc6c(c5)c5ccccc5n6-c5ccc6ccccc6c5)cc4c4cc(-c5ccc6c(c5)c5ccccc5n6-c5ccc6ccccc6c5)ccc43)n2)cc1. The Hall–Kier alpha value is -18.2. The fourth-order valence-corrected chi connectivity index (χ4v) is 22.5. The summed E-state index contributed by atoms with van der Waals surface area (Å²) in [7, 11) is 0. The Morgan fingerprint density at radius 2 is 0.360 bits per heavy atom. The van der Waals surface area contributed by atoms with Crippen LogP contribution in [0.1, 0.15) is 0 Å². The van der Waals surface area contributed by atoms with E-state index in [1.165, 1.54) is 108 Å². The lowest BCUT2D eigenvalue weighted by atomic mass is 9.98. The number of aromatic nitrogens is 8. The van der Waals surface area contributed by atoms with Gasteiger partial charge in [-0.3, -0.25) is 4.57 Å². The molecule has 7 heterocycles. The zero-order valence-electron chi connectivity index (χ0n) is 73.6. The first-order valence-electron chi connectivity index (χ1n) is 46.7. The lowest BCUT2D eigenvalue weighted by Crippen LogP contribution is -2.03. The van der Waals surface area contributed by atoms with Gasteiger partial charge in [-0.25, -0.2) is 9.97 Å². The molecule has 0 amide bonds. The molecule has 0 atom stereocenters. The monoisotopic (exact) mass is 1730 g/mol. The van der Waals surface area contributed by atoms with Crippen molar-refractivity contribution in [2.45, 2.75) is 0 Å². The van der Waals surface area contributed by atoms with Gasteiger partial charge in [-0.05, 0) is 270 Å². The highest BCUT2D eigenvalue weighted by Gasteiger charge is 2.26. The fourth-order valence-electron chi connectivity index (χ4n) is 22.5. The van der Waals surface area contributed by atoms with Crippen LogP contribution in [0.2, 0.25) is 0 Å². The molecule has 0 radical (unpaired) electrons. The van der Waals surface area contributed by atoms with Gasteiger partial charge < -0.3 is 22.8 Å². The van der Waals surface area contributed by atoms with E-state index in [0.717, 1.165) is 161 Å². The van der Waals surface area contributed by atoms with Gasteiger partial charge in [-0.1, -0.05) is 285 Å². The largest absolute Gasteiger partial charge is 0.309 e. The van der Waals surface area contributed by atoms with Gasteiger partial charge in [0.15, 0.2) is 5.82 Å². The van der Waals surface area contributed by atoms with E-state index in [2.05, 4.69) is 501 Å². The molecule has 7 aromatic heterocycles. The third-order valence-corrected chi connectivity index (χ3v) is 28.9. The highest BCUT2D eigenvalue weighted by molar-refractivity contribution is 6.19. The minimum Gasteiger partial charge on any atom is -0.309 e. The molecule has 0 bridgehead atoms. The summed E-state index contributed by atoms with van der Waals surface area (Å²) in [4.78, 5) is 11.4. The predicted molar refractivity (Wildman–Crippen MR) is 571 cm³/mol. The second kappa shape index (κ2) is 29.6. The number of para-hydroxylation sites is 4. The van der Waals surface area contributed by atoms with Crippen molar-refractivity contribution in [3.05, 3.63) is 473 Å². The van der Waals surface area contributed by atoms with Crippen LogP contribution in [0.5, 0.6) is 0 Å². The van der Waals surface area contributed by atoms with Crippen LogP contribution >= 0.6 is 0 Å². The average Bonchev–Trinajstić information content (AvgIpc) is 1.47. The van der Waals surface area contributed by atoms with Crippen molar-refractivity contribution in [1.82, 2.24) is 37.4 Å². The van der Waals surface area contributed by atoms with Crippen LogP contribution in [-0.2, 0) is 0 Å². The van der Waals surface area contributed by atoms with E-state index >= 15 is 0 Å². The third kappa shape index (κ3) is 11.8. The smallest absolute Gasteiger partial charge is 0.162 e. The van der Waals surface area contributed by atoms with Gasteiger partial charge in [0.05, 0.1) is 71.9 Å². The Morgan fingerprint density at radius 3 is 0.662 bits per heavy atom. The van der Waals surface area contributed by atoms with E-state index in [4.69, 9.17) is 9.97 Å². The Balaban J connectivity index is 0.603. The molecule has 136 heavy (non-hydrogen) atoms. The molecule has 22 aromatic carbocycles. The Morgan fingerprint density at radius 1 is 0.125 bits per heavy atom. The van der Waals surface area contributed by atoms with E-state index in [1.807, 2.05) is 0 Å². The molecule has 8 heteroatoms. The molecule has 0 aliphatic carbocycles. The molecule has 8 nitrogen and oxygen atoms in total. The lowest BCUT2D eigenvalue weighted by molar-refractivity contribution is 1.05. The van der Waals surface area contributed by atoms with E-state index in [0.29, 0.717) is 5.82 Å². The van der Waals surface area contributed by atoms with E-state index in [-0.39, 0.29) is 0 Å². The number of nitrogens with zero attached hydrogens (tertiary/aromatic N) is 8. The van der Waals surface area contributed by atoms with Crippen molar-refractivity contribution in [3.63, 3.8) is 0 Å². The summed E-state index contributed by atoms with van der Waals surface area (Å²) in [6, 6.07) is 175. The maximum Gasteiger partial charge on any atom is 0.162 e. The first kappa shape index (κ1) is 75.6. The van der Waals surface area contributed by atoms with Crippen molar-refractivity contribution in [1.29, 1.82) is 0 Å². The molecule has 0 fully saturated rings. The second-order valence-corrected chi connectivity index (χ2v) is 36.4. The number of hydrogen-bond acceptors (Lipinski definition) is 2. The van der Waals surface area contributed by atoms with Gasteiger partial charge in [-0.15, -0.1) is 0 Å². The second-order valence-electron chi connectivity index (χ2n) is 36.4. The molecule has 630 valence electrons. The Kier molecular flexibility index (Phi) is 16.5. The minimum absolute atomic E-state index is 0.624. The van der Waals surface area contributed by atoms with E-state index in [1.54, 1.807) is 0 Å². The standard InChI is InChI=1S/C128H78N8/c1-2-25-83(26-3-1)128-129-114(78-127(130-128)136-125-63-51-94(90-47-59-121-108(72-90)104-35-14-18-39-117(104)134(121)100-55-43-81-23-6-10-29-86(81)67-100)76-112(125)113-77-95(52-64-126(113)136)91-48-60-122-109(73-91)105-36-15-19-40-118(105)135(122)101-56-44-82-24-7-11-30-87(82)68-101)96-31-20-32-97(69-96)131-123-61-49-92(88-45-57-119-106(70-88)102-33-12-16-37-115(102)132(119)98-53-41-79-21-4-8-27-84(79)65-98)74-110(123)111-75-93(50-62-124(111)131)89-46-58-120-107(71-89)103-34-13-17-38-116(103)133(120)99-54-42-80-22-5-9-28-85(80)66-99/h1-78H. The minimum atomic E-state index is 0.624. The quantitative estimate of drug-likeness (QED) is 0.122. The van der Waals surface area contributed by atoms with Crippen molar-refractivity contribution in [2.24, 2.45) is 0 Å². The van der Waals surface area contributed by atoms with E-state index in [9.17, 15) is 0 Å². The molecule has 0 N–H and O–H groups in total. The molecular weight excluding hydrogens is 1650 g/mol. The van der Waals surface area contributed by atoms with Gasteiger partial charge in [0.1, 0.15) is 5.82 Å². The predicted octanol–water partition coefficient (Wildman–Crippen LogP) is 33.7. The van der Waals surface area contributed by atoms with Gasteiger partial charge in [-0.2, -0.15) is 0 Å². The highest BCUT2D eigenvalue weighted by Crippen LogP contribution is 2.47. The van der Waals surface area contributed by atoms with Crippen molar-refractivity contribution in [2.75, 3.05) is 0 Å². The summed E-state index contributed by atoms with van der Waals surface area (Å²) < 4.78 is 14.5. The van der Waals surface area contributed by atoms with Crippen LogP contribution in [0.15, 0.2) is 473 Å². The molecule has 0 spiro atoms. The number of hydrogen-bond donors (Lipinski definition) is 0. The molecule has 0 unspecified atom stereocenters. The van der Waals surface area contributed by atoms with Crippen molar-refractivity contribution >= 4 is 174 Å². The van der Waals surface area contributed by atoms with Crippen LogP contribution < -0.4 is 0 Å². The van der Waals surface area contributed by atoms with Gasteiger partial charge in [0, 0.05) is 110 Å². The van der Waals surface area contributed by atoms with Gasteiger partial charge in [0.2, 0.25) is 0 Å². The van der Waals surface area contributed by atoms with Crippen molar-refractivity contribution in [3.8, 4) is 101 Å². The molecular formula is C128H78N8. The topological polar surface area (TPSA) is 55.4 Å². The Bertz CT molecular complexity index is 9660. The van der Waals surface area contributed by atoms with Crippen LogP contribution in [-0.4, -0.2) is 37.4 Å². The maximum atomic E-state index is 5.72. The molecule has 29 rings (SSSR count). The van der Waals surface area contributed by atoms with Crippen LogP contribution in [0.3, 0.4) is 0 Å². The van der Waals surface area contributed by atoms with Crippen LogP contribution in [0, 0.1) is 0 Å². The highest BCUT2D eigenvalue weighted by atomic mass is 15.1. The van der Waals surface area contributed by atoms with Crippen molar-refractivity contribution < 1.29 is 0 Å². The zero-order chi connectivity index (χ0) is 88.9. The summed E-state index contributed by atoms with van der Waals surface area (Å²) in [5.74, 6) is 1.38. The zero-order valence-corrected chi connectivity index (χ0v) is 73.6. The average molecular weight is 1730 g/mol. The summed E-state index contributed by atoms with van der Waals surface area (Å²) in [5, 5.41) is 23.9. The van der Waals surface area contributed by atoms with Crippen LogP contribution in [0.25, 0.3) is 275 Å². The number of rotatable bonds is 12. The molecule has 0 aliphatic heterocycles. The maximum absolute atomic E-state index is 5.72. The fraction of sp³-hybridized carbons (Fsp3) is 0. The van der Waals surface area contributed by atoms with Gasteiger partial charge >= 0.3 is 0 Å². The summed E-state index contributed by atoms with van der Waals surface area (Å²) in [6.07, 6.45) is 0. The normalized spacial score (nSPS) is 12.1. The third-order valence-electron chi connectivity index (χ3n) is 28.9. The Labute approximate surface area is 780 Å². The summed E-state index contributed by atoms with van der Waals surface area (Å²) in [5.41, 5.74) is 30.8. The number of benzene rings is 22. The first-order chi connectivity index (χ1) is 67.4. The molecule has 0 aliphatic rings. The lowest BCUT2D eigenvalue weighted by Gasteiger charge is -2.14.